The van der Waals surface area contributed by atoms with Gasteiger partial charge >= 0.3 is 0 Å². The second kappa shape index (κ2) is 7.11. The molecule has 0 bridgehead atoms. The number of hydrogen-bond donors (Lipinski definition) is 1. The number of amides is 1. The number of aryl methyl sites for hydroxylation is 1. The van der Waals surface area contributed by atoms with Crippen molar-refractivity contribution in [2.45, 2.75) is 26.2 Å². The Morgan fingerprint density at radius 1 is 1.47 bits per heavy atom. The van der Waals surface area contributed by atoms with Crippen LogP contribution in [0.4, 0.5) is 5.69 Å². The van der Waals surface area contributed by atoms with Crippen molar-refractivity contribution in [3.8, 4) is 6.07 Å². The molecule has 0 aliphatic heterocycles. The van der Waals surface area contributed by atoms with E-state index in [2.05, 4.69) is 5.32 Å². The second-order valence-corrected chi connectivity index (χ2v) is 4.15. The first-order valence-corrected chi connectivity index (χ1v) is 5.96. The number of carbonyl (C=O) groups excluding carboxylic acids is 1. The van der Waals surface area contributed by atoms with Crippen LogP contribution in [-0.2, 0) is 0 Å². The van der Waals surface area contributed by atoms with Crippen LogP contribution in [0.25, 0.3) is 0 Å². The fraction of sp³-hybridized carbons (Fsp3) is 0.385. The molecule has 6 nitrogen and oxygen atoms in total. The summed E-state index contributed by atoms with van der Waals surface area (Å²) >= 11 is 0. The molecule has 0 heterocycles. The van der Waals surface area contributed by atoms with Crippen LogP contribution in [-0.4, -0.2) is 17.4 Å². The summed E-state index contributed by atoms with van der Waals surface area (Å²) < 4.78 is 0. The summed E-state index contributed by atoms with van der Waals surface area (Å²) in [6, 6.07) is 6.45. The average Bonchev–Trinajstić information content (AvgIpc) is 2.37. The molecule has 0 unspecified atom stereocenters. The van der Waals surface area contributed by atoms with Crippen LogP contribution >= 0.6 is 0 Å². The van der Waals surface area contributed by atoms with E-state index < -0.39 is 10.8 Å². The van der Waals surface area contributed by atoms with Gasteiger partial charge in [-0.3, -0.25) is 14.9 Å². The van der Waals surface area contributed by atoms with Gasteiger partial charge in [0.2, 0.25) is 0 Å². The highest BCUT2D eigenvalue weighted by molar-refractivity contribution is 5.98. The number of nitriles is 1. The molecule has 1 amide bonds. The number of nitrogens with zero attached hydrogens (tertiary/aromatic N) is 2. The summed E-state index contributed by atoms with van der Waals surface area (Å²) in [6.45, 7) is 2.18. The number of hydrogen-bond acceptors (Lipinski definition) is 4. The minimum absolute atomic E-state index is 0.0743. The standard InChI is InChI=1S/C13H15N3O3/c1-10-5-6-12(16(18)19)11(9-10)13(17)15-8-4-2-3-7-14/h5-6,9H,2-4,8H2,1H3,(H,15,17). The number of nitro groups is 1. The van der Waals surface area contributed by atoms with Crippen LogP contribution in [0, 0.1) is 28.4 Å². The van der Waals surface area contributed by atoms with Crippen LogP contribution in [0.15, 0.2) is 18.2 Å². The third-order valence-electron chi connectivity index (χ3n) is 2.59. The van der Waals surface area contributed by atoms with E-state index in [9.17, 15) is 14.9 Å². The molecule has 1 N–H and O–H groups in total. The lowest BCUT2D eigenvalue weighted by Gasteiger charge is -2.06. The van der Waals surface area contributed by atoms with E-state index in [-0.39, 0.29) is 11.3 Å². The fourth-order valence-electron chi connectivity index (χ4n) is 1.62. The largest absolute Gasteiger partial charge is 0.352 e. The molecule has 100 valence electrons. The summed E-state index contributed by atoms with van der Waals surface area (Å²) in [6.07, 6.45) is 1.83. The lowest BCUT2D eigenvalue weighted by atomic mass is 10.1. The van der Waals surface area contributed by atoms with Crippen molar-refractivity contribution in [3.63, 3.8) is 0 Å². The number of carbonyl (C=O) groups is 1. The van der Waals surface area contributed by atoms with Gasteiger partial charge in [0.15, 0.2) is 0 Å². The Morgan fingerprint density at radius 3 is 2.84 bits per heavy atom. The van der Waals surface area contributed by atoms with Gasteiger partial charge in [-0.25, -0.2) is 0 Å². The quantitative estimate of drug-likeness (QED) is 0.483. The van der Waals surface area contributed by atoms with Crippen molar-refractivity contribution >= 4 is 11.6 Å². The molecule has 0 radical (unpaired) electrons. The second-order valence-electron chi connectivity index (χ2n) is 4.15. The predicted octanol–water partition coefficient (Wildman–Crippen LogP) is 2.33. The van der Waals surface area contributed by atoms with Gasteiger partial charge in [0, 0.05) is 19.0 Å². The molecule has 0 fully saturated rings. The lowest BCUT2D eigenvalue weighted by molar-refractivity contribution is -0.385. The Bertz CT molecular complexity index is 520. The Balaban J connectivity index is 2.68. The number of unbranched alkanes of at least 4 members (excludes halogenated alkanes) is 2. The number of nitro benzene ring substituents is 1. The van der Waals surface area contributed by atoms with E-state index in [0.29, 0.717) is 25.8 Å². The molecule has 6 heteroatoms. The highest BCUT2D eigenvalue weighted by atomic mass is 16.6. The summed E-state index contributed by atoms with van der Waals surface area (Å²) in [5.41, 5.74) is 0.672. The van der Waals surface area contributed by atoms with E-state index in [4.69, 9.17) is 5.26 Å². The molecule has 1 aromatic carbocycles. The maximum Gasteiger partial charge on any atom is 0.282 e. The van der Waals surface area contributed by atoms with Crippen molar-refractivity contribution in [2.75, 3.05) is 6.54 Å². The van der Waals surface area contributed by atoms with Gasteiger partial charge in [-0.05, 0) is 31.4 Å². The molecule has 0 saturated carbocycles. The number of nitrogens with one attached hydrogen (secondary N) is 1. The van der Waals surface area contributed by atoms with Crippen LogP contribution in [0.5, 0.6) is 0 Å². The zero-order valence-corrected chi connectivity index (χ0v) is 10.7. The Morgan fingerprint density at radius 2 is 2.21 bits per heavy atom. The van der Waals surface area contributed by atoms with Crippen molar-refractivity contribution in [1.29, 1.82) is 5.26 Å². The van der Waals surface area contributed by atoms with Crippen molar-refractivity contribution in [1.82, 2.24) is 5.32 Å². The predicted molar refractivity (Wildman–Crippen MR) is 69.6 cm³/mol. The van der Waals surface area contributed by atoms with E-state index in [1.807, 2.05) is 6.07 Å². The fourth-order valence-corrected chi connectivity index (χ4v) is 1.62. The Kier molecular flexibility index (Phi) is 5.48. The van der Waals surface area contributed by atoms with E-state index in [1.54, 1.807) is 13.0 Å². The monoisotopic (exact) mass is 261 g/mol. The van der Waals surface area contributed by atoms with Crippen molar-refractivity contribution in [3.05, 3.63) is 39.4 Å². The molecule has 0 aliphatic rings. The first kappa shape index (κ1) is 14.6. The molecule has 1 rings (SSSR count). The minimum Gasteiger partial charge on any atom is -0.352 e. The third-order valence-corrected chi connectivity index (χ3v) is 2.59. The number of rotatable bonds is 6. The SMILES string of the molecule is Cc1ccc([N+](=O)[O-])c(C(=O)NCCCCC#N)c1. The lowest BCUT2D eigenvalue weighted by Crippen LogP contribution is -2.25. The van der Waals surface area contributed by atoms with Gasteiger partial charge in [-0.1, -0.05) is 6.07 Å². The normalized spacial score (nSPS) is 9.68. The first-order chi connectivity index (χ1) is 9.06. The molecule has 0 spiro atoms. The molecular weight excluding hydrogens is 246 g/mol. The molecular formula is C13H15N3O3. The van der Waals surface area contributed by atoms with Gasteiger partial charge in [0.25, 0.3) is 11.6 Å². The van der Waals surface area contributed by atoms with Gasteiger partial charge in [-0.15, -0.1) is 0 Å². The number of benzene rings is 1. The minimum atomic E-state index is -0.565. The van der Waals surface area contributed by atoms with Crippen molar-refractivity contribution < 1.29 is 9.72 Å². The molecule has 19 heavy (non-hydrogen) atoms. The van der Waals surface area contributed by atoms with Crippen molar-refractivity contribution in [2.24, 2.45) is 0 Å². The van der Waals surface area contributed by atoms with Crippen LogP contribution in [0.1, 0.15) is 35.2 Å². The van der Waals surface area contributed by atoms with Crippen LogP contribution < -0.4 is 5.32 Å². The first-order valence-electron chi connectivity index (χ1n) is 5.96. The van der Waals surface area contributed by atoms with E-state index in [0.717, 1.165) is 5.56 Å². The Hall–Kier alpha value is -2.42. The maximum absolute atomic E-state index is 11.9. The zero-order valence-electron chi connectivity index (χ0n) is 10.7. The van der Waals surface area contributed by atoms with Crippen LogP contribution in [0.3, 0.4) is 0 Å². The summed E-state index contributed by atoms with van der Waals surface area (Å²) in [5, 5.41) is 21.8. The Labute approximate surface area is 111 Å². The van der Waals surface area contributed by atoms with Gasteiger partial charge in [0.1, 0.15) is 5.56 Å². The topological polar surface area (TPSA) is 96.0 Å². The molecule has 0 atom stereocenters. The molecule has 0 saturated heterocycles. The summed E-state index contributed by atoms with van der Waals surface area (Å²) in [7, 11) is 0. The van der Waals surface area contributed by atoms with Gasteiger partial charge in [0.05, 0.1) is 11.0 Å². The summed E-state index contributed by atoms with van der Waals surface area (Å²) in [5.74, 6) is -0.452. The molecule has 1 aromatic rings. The molecule has 0 aliphatic carbocycles. The highest BCUT2D eigenvalue weighted by Gasteiger charge is 2.19. The highest BCUT2D eigenvalue weighted by Crippen LogP contribution is 2.19. The van der Waals surface area contributed by atoms with E-state index in [1.165, 1.54) is 12.1 Å². The van der Waals surface area contributed by atoms with E-state index >= 15 is 0 Å². The molecule has 0 aromatic heterocycles. The average molecular weight is 261 g/mol. The van der Waals surface area contributed by atoms with Gasteiger partial charge < -0.3 is 5.32 Å². The third kappa shape index (κ3) is 4.39. The maximum atomic E-state index is 11.9. The van der Waals surface area contributed by atoms with Gasteiger partial charge in [-0.2, -0.15) is 5.26 Å². The summed E-state index contributed by atoms with van der Waals surface area (Å²) in [4.78, 5) is 22.2. The zero-order chi connectivity index (χ0) is 14.3. The smallest absolute Gasteiger partial charge is 0.282 e. The van der Waals surface area contributed by atoms with Crippen LogP contribution in [0.2, 0.25) is 0 Å².